The van der Waals surface area contributed by atoms with E-state index < -0.39 is 5.92 Å². The Kier molecular flexibility index (Phi) is 6.09. The highest BCUT2D eigenvalue weighted by Gasteiger charge is 2.49. The molecule has 5 nitrogen and oxygen atoms in total. The van der Waals surface area contributed by atoms with Crippen molar-refractivity contribution in [2.24, 2.45) is 10.8 Å². The number of ether oxygens (including phenoxy) is 1. The molecule has 0 atom stereocenters. The van der Waals surface area contributed by atoms with Crippen molar-refractivity contribution in [3.63, 3.8) is 0 Å². The van der Waals surface area contributed by atoms with Crippen LogP contribution in [0.25, 0.3) is 0 Å². The van der Waals surface area contributed by atoms with Gasteiger partial charge in [0.05, 0.1) is 6.61 Å². The standard InChI is InChI=1S/C32H37NO4/c1-7-37-27-14-20(10-13-24(27)34)28-29-22(15-31(3,4)17-25(29)35)33(21-11-8-19(2)9-12-21)23-16-32(5,6)18-26(36)30(23)28/h8-14,28,34H,7,15-18H2,1-6H3. The Bertz CT molecular complexity index is 1290. The molecule has 0 aromatic heterocycles. The number of anilines is 1. The van der Waals surface area contributed by atoms with E-state index in [2.05, 4.69) is 63.8 Å². The highest BCUT2D eigenvalue weighted by atomic mass is 16.5. The van der Waals surface area contributed by atoms with Gasteiger partial charge in [-0.05, 0) is 67.3 Å². The van der Waals surface area contributed by atoms with E-state index in [1.54, 1.807) is 12.1 Å². The predicted molar refractivity (Wildman–Crippen MR) is 146 cm³/mol. The average molecular weight is 500 g/mol. The Labute approximate surface area is 219 Å². The number of allylic oxidation sites excluding steroid dienone is 4. The topological polar surface area (TPSA) is 66.8 Å². The molecule has 1 N–H and O–H groups in total. The fourth-order valence-electron chi connectivity index (χ4n) is 6.29. The van der Waals surface area contributed by atoms with Crippen molar-refractivity contribution in [3.05, 3.63) is 76.1 Å². The van der Waals surface area contributed by atoms with Crippen LogP contribution in [0.2, 0.25) is 0 Å². The van der Waals surface area contributed by atoms with Crippen molar-refractivity contribution < 1.29 is 19.4 Å². The molecule has 1 heterocycles. The average Bonchev–Trinajstić information content (AvgIpc) is 2.79. The van der Waals surface area contributed by atoms with E-state index in [4.69, 9.17) is 4.74 Å². The number of phenolic OH excluding ortho intramolecular Hbond substituents is 1. The van der Waals surface area contributed by atoms with E-state index in [1.165, 1.54) is 0 Å². The van der Waals surface area contributed by atoms with Gasteiger partial charge in [-0.1, -0.05) is 51.5 Å². The number of hydrogen-bond donors (Lipinski definition) is 1. The third-order valence-electron chi connectivity index (χ3n) is 7.82. The van der Waals surface area contributed by atoms with E-state index in [9.17, 15) is 14.7 Å². The quantitative estimate of drug-likeness (QED) is 0.491. The SMILES string of the molecule is CCOc1cc(C2C3=C(CC(C)(C)CC3=O)N(c3ccc(C)cc3)C3=C2C(=O)CC(C)(C)C3)ccc1O. The minimum absolute atomic E-state index is 0.0540. The molecule has 3 aliphatic rings. The second-order valence-electron chi connectivity index (χ2n) is 12.4. The molecule has 0 spiro atoms. The van der Waals surface area contributed by atoms with Crippen LogP contribution in [0.1, 0.15) is 77.3 Å². The Balaban J connectivity index is 1.82. The molecule has 0 saturated heterocycles. The molecule has 194 valence electrons. The van der Waals surface area contributed by atoms with Crippen molar-refractivity contribution in [3.8, 4) is 11.5 Å². The first-order chi connectivity index (χ1) is 17.4. The Morgan fingerprint density at radius 3 is 1.92 bits per heavy atom. The number of nitrogens with zero attached hydrogens (tertiary/aromatic N) is 1. The normalized spacial score (nSPS) is 21.2. The number of aromatic hydroxyl groups is 1. The van der Waals surface area contributed by atoms with E-state index in [0.29, 0.717) is 36.3 Å². The van der Waals surface area contributed by atoms with Gasteiger partial charge < -0.3 is 14.7 Å². The summed E-state index contributed by atoms with van der Waals surface area (Å²) in [5.74, 6) is 0.126. The molecule has 0 unspecified atom stereocenters. The van der Waals surface area contributed by atoms with Gasteiger partial charge in [0.1, 0.15) is 0 Å². The van der Waals surface area contributed by atoms with Crippen LogP contribution in [0.15, 0.2) is 65.0 Å². The first kappa shape index (κ1) is 25.3. The Morgan fingerprint density at radius 2 is 1.41 bits per heavy atom. The van der Waals surface area contributed by atoms with E-state index in [0.717, 1.165) is 41.1 Å². The largest absolute Gasteiger partial charge is 0.504 e. The lowest BCUT2D eigenvalue weighted by atomic mass is 9.63. The van der Waals surface area contributed by atoms with Crippen LogP contribution in [-0.4, -0.2) is 23.3 Å². The maximum atomic E-state index is 13.9. The zero-order valence-corrected chi connectivity index (χ0v) is 22.8. The lowest BCUT2D eigenvalue weighted by Crippen LogP contribution is -2.44. The van der Waals surface area contributed by atoms with Crippen LogP contribution < -0.4 is 9.64 Å². The van der Waals surface area contributed by atoms with Gasteiger partial charge in [0.25, 0.3) is 0 Å². The monoisotopic (exact) mass is 499 g/mol. The number of aryl methyl sites for hydroxylation is 1. The first-order valence-electron chi connectivity index (χ1n) is 13.3. The number of benzene rings is 2. The lowest BCUT2D eigenvalue weighted by Gasteiger charge is -2.49. The van der Waals surface area contributed by atoms with E-state index in [-0.39, 0.29) is 28.1 Å². The van der Waals surface area contributed by atoms with Gasteiger partial charge in [0.15, 0.2) is 23.1 Å². The summed E-state index contributed by atoms with van der Waals surface area (Å²) in [6.07, 6.45) is 2.34. The van der Waals surface area contributed by atoms with Crippen molar-refractivity contribution in [1.82, 2.24) is 0 Å². The molecule has 1 aliphatic heterocycles. The molecule has 2 aromatic carbocycles. The highest BCUT2D eigenvalue weighted by molar-refractivity contribution is 6.08. The minimum atomic E-state index is -0.473. The third-order valence-corrected chi connectivity index (χ3v) is 7.82. The van der Waals surface area contributed by atoms with Gasteiger partial charge in [-0.3, -0.25) is 9.59 Å². The number of Topliss-reactive ketones (excluding diaryl/α,β-unsaturated/α-hetero) is 2. The molecule has 5 heteroatoms. The highest BCUT2D eigenvalue weighted by Crippen LogP contribution is 2.55. The Hall–Kier alpha value is -3.34. The zero-order valence-electron chi connectivity index (χ0n) is 22.8. The molecule has 0 saturated carbocycles. The van der Waals surface area contributed by atoms with E-state index >= 15 is 0 Å². The minimum Gasteiger partial charge on any atom is -0.504 e. The molecular formula is C32H37NO4. The van der Waals surface area contributed by atoms with Crippen LogP contribution in [0, 0.1) is 17.8 Å². The van der Waals surface area contributed by atoms with Crippen LogP contribution in [0.5, 0.6) is 11.5 Å². The van der Waals surface area contributed by atoms with Gasteiger partial charge in [-0.2, -0.15) is 0 Å². The Morgan fingerprint density at radius 1 is 0.865 bits per heavy atom. The van der Waals surface area contributed by atoms with Gasteiger partial charge in [-0.15, -0.1) is 0 Å². The summed E-state index contributed by atoms with van der Waals surface area (Å²) >= 11 is 0. The first-order valence-corrected chi connectivity index (χ1v) is 13.3. The number of hydrogen-bond acceptors (Lipinski definition) is 5. The van der Waals surface area contributed by atoms with Gasteiger partial charge in [0, 0.05) is 47.0 Å². The van der Waals surface area contributed by atoms with Crippen molar-refractivity contribution in [2.75, 3.05) is 11.5 Å². The molecule has 2 aromatic rings. The summed E-state index contributed by atoms with van der Waals surface area (Å²) in [4.78, 5) is 30.1. The summed E-state index contributed by atoms with van der Waals surface area (Å²) in [6, 6.07) is 13.6. The molecule has 0 fully saturated rings. The summed E-state index contributed by atoms with van der Waals surface area (Å²) in [6.45, 7) is 12.9. The fourth-order valence-corrected chi connectivity index (χ4v) is 6.29. The second kappa shape index (κ2) is 8.90. The second-order valence-corrected chi connectivity index (χ2v) is 12.4. The van der Waals surface area contributed by atoms with Crippen molar-refractivity contribution >= 4 is 17.3 Å². The summed E-state index contributed by atoms with van der Waals surface area (Å²) in [5, 5.41) is 10.4. The van der Waals surface area contributed by atoms with Crippen molar-refractivity contribution in [2.45, 2.75) is 73.1 Å². The number of carbonyl (C=O) groups excluding carboxylic acids is 2. The van der Waals surface area contributed by atoms with Gasteiger partial charge >= 0.3 is 0 Å². The number of rotatable bonds is 4. The molecule has 0 radical (unpaired) electrons. The molecule has 2 aliphatic carbocycles. The van der Waals surface area contributed by atoms with Crippen LogP contribution in [0.3, 0.4) is 0 Å². The van der Waals surface area contributed by atoms with Crippen LogP contribution in [-0.2, 0) is 9.59 Å². The van der Waals surface area contributed by atoms with Crippen LogP contribution in [0.4, 0.5) is 5.69 Å². The number of carbonyl (C=O) groups is 2. The summed E-state index contributed by atoms with van der Waals surface area (Å²) in [5.41, 5.74) is 5.97. The molecule has 0 bridgehead atoms. The maximum absolute atomic E-state index is 13.9. The van der Waals surface area contributed by atoms with Gasteiger partial charge in [0.2, 0.25) is 0 Å². The fraction of sp³-hybridized carbons (Fsp3) is 0.438. The van der Waals surface area contributed by atoms with Crippen LogP contribution >= 0.6 is 0 Å². The zero-order chi connectivity index (χ0) is 26.7. The maximum Gasteiger partial charge on any atom is 0.162 e. The summed E-state index contributed by atoms with van der Waals surface area (Å²) < 4.78 is 5.70. The number of ketones is 2. The number of phenols is 1. The molecule has 5 rings (SSSR count). The molecule has 37 heavy (non-hydrogen) atoms. The third kappa shape index (κ3) is 4.49. The smallest absolute Gasteiger partial charge is 0.162 e. The van der Waals surface area contributed by atoms with Crippen molar-refractivity contribution in [1.29, 1.82) is 0 Å². The summed E-state index contributed by atoms with van der Waals surface area (Å²) in [7, 11) is 0. The lowest BCUT2D eigenvalue weighted by molar-refractivity contribution is -0.119. The predicted octanol–water partition coefficient (Wildman–Crippen LogP) is 6.99. The van der Waals surface area contributed by atoms with E-state index in [1.807, 2.05) is 13.0 Å². The molecule has 0 amide bonds. The molecular weight excluding hydrogens is 462 g/mol. The van der Waals surface area contributed by atoms with Gasteiger partial charge in [-0.25, -0.2) is 0 Å².